The molecule has 2 N–H and O–H groups in total. The Bertz CT molecular complexity index is 166. The zero-order chi connectivity index (χ0) is 11.1. The van der Waals surface area contributed by atoms with Gasteiger partial charge in [-0.3, -0.25) is 0 Å². The highest BCUT2D eigenvalue weighted by Gasteiger charge is 2.19. The van der Waals surface area contributed by atoms with Gasteiger partial charge in [-0.05, 0) is 25.3 Å². The van der Waals surface area contributed by atoms with Gasteiger partial charge in [0, 0.05) is 17.5 Å². The third-order valence-electron chi connectivity index (χ3n) is 3.04. The van der Waals surface area contributed by atoms with Crippen molar-refractivity contribution in [2.24, 2.45) is 5.92 Å². The summed E-state index contributed by atoms with van der Waals surface area (Å²) in [5, 5.41) is 13.7. The summed E-state index contributed by atoms with van der Waals surface area (Å²) in [7, 11) is 0. The third-order valence-corrected chi connectivity index (χ3v) is 4.52. The van der Waals surface area contributed by atoms with Crippen LogP contribution in [0.2, 0.25) is 0 Å². The number of aliphatic hydroxyl groups excluding tert-OH is 1. The van der Waals surface area contributed by atoms with E-state index in [9.17, 15) is 5.11 Å². The van der Waals surface area contributed by atoms with Gasteiger partial charge in [-0.25, -0.2) is 0 Å². The lowest BCUT2D eigenvalue weighted by molar-refractivity contribution is 0.196. The fraction of sp³-hybridized carbons (Fsp3) is 1.00. The minimum absolute atomic E-state index is 0.174. The molecule has 0 aromatic heterocycles. The Morgan fingerprint density at radius 1 is 1.47 bits per heavy atom. The molecule has 3 unspecified atom stereocenters. The number of rotatable bonds is 6. The molecule has 1 rings (SSSR count). The Balaban J connectivity index is 2.07. The highest BCUT2D eigenvalue weighted by molar-refractivity contribution is 7.99. The number of likely N-dealkylation sites (N-methyl/N-ethyl adjacent to an activating group) is 1. The van der Waals surface area contributed by atoms with E-state index in [4.69, 9.17) is 0 Å². The largest absolute Gasteiger partial charge is 0.391 e. The van der Waals surface area contributed by atoms with Gasteiger partial charge in [0.05, 0.1) is 6.10 Å². The summed E-state index contributed by atoms with van der Waals surface area (Å²) < 4.78 is 0. The Kier molecular flexibility index (Phi) is 6.69. The number of hydrogen-bond acceptors (Lipinski definition) is 3. The summed E-state index contributed by atoms with van der Waals surface area (Å²) in [6.45, 7) is 6.11. The molecule has 1 aliphatic carbocycles. The molecule has 90 valence electrons. The molecule has 0 bridgehead atoms. The van der Waals surface area contributed by atoms with E-state index in [0.717, 1.165) is 30.0 Å². The summed E-state index contributed by atoms with van der Waals surface area (Å²) in [6.07, 6.45) is 5.30. The van der Waals surface area contributed by atoms with Gasteiger partial charge in [-0.2, -0.15) is 11.8 Å². The maximum atomic E-state index is 9.69. The predicted molar refractivity (Wildman–Crippen MR) is 68.4 cm³/mol. The van der Waals surface area contributed by atoms with E-state index < -0.39 is 0 Å². The van der Waals surface area contributed by atoms with Gasteiger partial charge >= 0.3 is 0 Å². The van der Waals surface area contributed by atoms with Crippen molar-refractivity contribution in [1.29, 1.82) is 0 Å². The van der Waals surface area contributed by atoms with Crippen LogP contribution in [-0.2, 0) is 0 Å². The summed E-state index contributed by atoms with van der Waals surface area (Å²) in [4.78, 5) is 0. The lowest BCUT2D eigenvalue weighted by atomic mass is 9.91. The standard InChI is InChI=1S/C12H25NOS/c1-3-13-8-11(14)9-15-12-6-4-5-10(2)7-12/h10-14H,3-9H2,1-2H3. The lowest BCUT2D eigenvalue weighted by Gasteiger charge is -2.26. The molecule has 0 radical (unpaired) electrons. The Labute approximate surface area is 98.2 Å². The van der Waals surface area contributed by atoms with Crippen LogP contribution in [0.1, 0.15) is 39.5 Å². The van der Waals surface area contributed by atoms with Crippen LogP contribution >= 0.6 is 11.8 Å². The average Bonchev–Trinajstić information content (AvgIpc) is 2.23. The quantitative estimate of drug-likeness (QED) is 0.735. The van der Waals surface area contributed by atoms with E-state index in [1.54, 1.807) is 0 Å². The van der Waals surface area contributed by atoms with Crippen molar-refractivity contribution in [1.82, 2.24) is 5.32 Å². The summed E-state index contributed by atoms with van der Waals surface area (Å²) >= 11 is 1.97. The molecule has 3 heteroatoms. The molecule has 0 heterocycles. The molecule has 1 fully saturated rings. The summed E-state index contributed by atoms with van der Waals surface area (Å²) in [5.74, 6) is 1.78. The molecular formula is C12H25NOS. The minimum atomic E-state index is -0.174. The van der Waals surface area contributed by atoms with Gasteiger partial charge in [0.25, 0.3) is 0 Å². The van der Waals surface area contributed by atoms with E-state index in [1.807, 2.05) is 11.8 Å². The van der Waals surface area contributed by atoms with E-state index in [2.05, 4.69) is 19.2 Å². The van der Waals surface area contributed by atoms with Crippen LogP contribution in [0.3, 0.4) is 0 Å². The predicted octanol–water partition coefficient (Wildman–Crippen LogP) is 2.27. The number of thioether (sulfide) groups is 1. The SMILES string of the molecule is CCNCC(O)CSC1CCCC(C)C1. The van der Waals surface area contributed by atoms with Crippen molar-refractivity contribution in [2.75, 3.05) is 18.8 Å². The van der Waals surface area contributed by atoms with E-state index in [-0.39, 0.29) is 6.10 Å². The number of nitrogens with one attached hydrogen (secondary N) is 1. The lowest BCUT2D eigenvalue weighted by Crippen LogP contribution is -2.29. The van der Waals surface area contributed by atoms with Crippen LogP contribution in [0.5, 0.6) is 0 Å². The molecule has 15 heavy (non-hydrogen) atoms. The molecule has 1 aliphatic rings. The molecule has 0 aromatic rings. The second kappa shape index (κ2) is 7.53. The second-order valence-electron chi connectivity index (χ2n) is 4.69. The molecule has 0 saturated heterocycles. The topological polar surface area (TPSA) is 32.3 Å². The fourth-order valence-electron chi connectivity index (χ4n) is 2.15. The molecule has 2 nitrogen and oxygen atoms in total. The normalized spacial score (nSPS) is 29.0. The zero-order valence-electron chi connectivity index (χ0n) is 10.0. The highest BCUT2D eigenvalue weighted by atomic mass is 32.2. The van der Waals surface area contributed by atoms with Crippen molar-refractivity contribution in [3.05, 3.63) is 0 Å². The van der Waals surface area contributed by atoms with Gasteiger partial charge in [-0.15, -0.1) is 0 Å². The molecule has 3 atom stereocenters. The smallest absolute Gasteiger partial charge is 0.0754 e. The van der Waals surface area contributed by atoms with Crippen LogP contribution in [0.4, 0.5) is 0 Å². The number of hydrogen-bond donors (Lipinski definition) is 2. The van der Waals surface area contributed by atoms with Crippen molar-refractivity contribution < 1.29 is 5.11 Å². The van der Waals surface area contributed by atoms with Crippen LogP contribution in [0, 0.1) is 5.92 Å². The maximum absolute atomic E-state index is 9.69. The van der Waals surface area contributed by atoms with Gasteiger partial charge in [0.2, 0.25) is 0 Å². The van der Waals surface area contributed by atoms with Crippen molar-refractivity contribution in [3.63, 3.8) is 0 Å². The monoisotopic (exact) mass is 231 g/mol. The fourth-order valence-corrected chi connectivity index (χ4v) is 3.56. The summed E-state index contributed by atoms with van der Waals surface area (Å²) in [5.41, 5.74) is 0. The van der Waals surface area contributed by atoms with Gasteiger partial charge in [0.15, 0.2) is 0 Å². The van der Waals surface area contributed by atoms with Crippen molar-refractivity contribution in [3.8, 4) is 0 Å². The molecular weight excluding hydrogens is 206 g/mol. The third kappa shape index (κ3) is 5.79. The molecule has 0 spiro atoms. The van der Waals surface area contributed by atoms with Crippen LogP contribution in [0.15, 0.2) is 0 Å². The first-order chi connectivity index (χ1) is 7.22. The Morgan fingerprint density at radius 3 is 2.93 bits per heavy atom. The van der Waals surface area contributed by atoms with Gasteiger partial charge in [0.1, 0.15) is 0 Å². The van der Waals surface area contributed by atoms with Crippen LogP contribution in [0.25, 0.3) is 0 Å². The summed E-state index contributed by atoms with van der Waals surface area (Å²) in [6, 6.07) is 0. The Hall–Kier alpha value is 0.270. The first-order valence-corrected chi connectivity index (χ1v) is 7.27. The second-order valence-corrected chi connectivity index (χ2v) is 6.02. The maximum Gasteiger partial charge on any atom is 0.0754 e. The minimum Gasteiger partial charge on any atom is -0.391 e. The zero-order valence-corrected chi connectivity index (χ0v) is 10.9. The van der Waals surface area contributed by atoms with Gasteiger partial charge < -0.3 is 10.4 Å². The Morgan fingerprint density at radius 2 is 2.27 bits per heavy atom. The number of aliphatic hydroxyl groups is 1. The highest BCUT2D eigenvalue weighted by Crippen LogP contribution is 2.31. The van der Waals surface area contributed by atoms with E-state index >= 15 is 0 Å². The van der Waals surface area contributed by atoms with Crippen molar-refractivity contribution in [2.45, 2.75) is 50.9 Å². The molecule has 0 aromatic carbocycles. The molecule has 1 saturated carbocycles. The first kappa shape index (κ1) is 13.3. The van der Waals surface area contributed by atoms with Gasteiger partial charge in [-0.1, -0.05) is 26.7 Å². The average molecular weight is 231 g/mol. The van der Waals surface area contributed by atoms with E-state index in [0.29, 0.717) is 0 Å². The molecule has 0 amide bonds. The van der Waals surface area contributed by atoms with Crippen LogP contribution < -0.4 is 5.32 Å². The van der Waals surface area contributed by atoms with Crippen LogP contribution in [-0.4, -0.2) is 35.3 Å². The van der Waals surface area contributed by atoms with Crippen molar-refractivity contribution >= 4 is 11.8 Å². The first-order valence-electron chi connectivity index (χ1n) is 6.22. The van der Waals surface area contributed by atoms with E-state index in [1.165, 1.54) is 25.7 Å². The molecule has 0 aliphatic heterocycles.